The summed E-state index contributed by atoms with van der Waals surface area (Å²) in [5, 5.41) is 3.35. The molecule has 1 saturated heterocycles. The minimum absolute atomic E-state index is 0. The number of halogens is 1. The monoisotopic (exact) mass is 262 g/mol. The summed E-state index contributed by atoms with van der Waals surface area (Å²) in [7, 11) is 0. The number of nitrogens with one attached hydrogen (secondary N) is 1. The lowest BCUT2D eigenvalue weighted by Gasteiger charge is -2.35. The fraction of sp³-hybridized carbons (Fsp3) is 0.923. The molecule has 0 aliphatic carbocycles. The van der Waals surface area contributed by atoms with Crippen LogP contribution in [-0.2, 0) is 4.79 Å². The molecule has 4 heteroatoms. The number of amides is 1. The lowest BCUT2D eigenvalue weighted by atomic mass is 10.0. The second-order valence-corrected chi connectivity index (χ2v) is 5.17. The topological polar surface area (TPSA) is 32.3 Å². The van der Waals surface area contributed by atoms with Gasteiger partial charge >= 0.3 is 0 Å². The van der Waals surface area contributed by atoms with Crippen molar-refractivity contribution >= 4 is 18.3 Å². The van der Waals surface area contributed by atoms with Crippen LogP contribution < -0.4 is 5.32 Å². The molecule has 1 N–H and O–H groups in total. The molecule has 0 aromatic rings. The van der Waals surface area contributed by atoms with Crippen molar-refractivity contribution in [3.63, 3.8) is 0 Å². The standard InChI is InChI=1S/C13H26N2O.ClH/c1-4-9-15(13(16)10-11(2)3)12-5-7-14-8-6-12;/h11-12,14H,4-10H2,1-3H3;1H. The summed E-state index contributed by atoms with van der Waals surface area (Å²) in [6.45, 7) is 9.42. The average molecular weight is 263 g/mol. The summed E-state index contributed by atoms with van der Waals surface area (Å²) < 4.78 is 0. The highest BCUT2D eigenvalue weighted by molar-refractivity contribution is 5.85. The van der Waals surface area contributed by atoms with Crippen LogP contribution in [0.1, 0.15) is 46.5 Å². The van der Waals surface area contributed by atoms with E-state index < -0.39 is 0 Å². The van der Waals surface area contributed by atoms with Crippen molar-refractivity contribution in [2.24, 2.45) is 5.92 Å². The van der Waals surface area contributed by atoms with Gasteiger partial charge in [0.2, 0.25) is 5.91 Å². The number of piperidine rings is 1. The minimum Gasteiger partial charge on any atom is -0.340 e. The SMILES string of the molecule is CCCN(C(=O)CC(C)C)C1CCNCC1.Cl. The fourth-order valence-corrected chi connectivity index (χ4v) is 2.34. The first-order chi connectivity index (χ1) is 7.65. The number of carbonyl (C=O) groups excluding carboxylic acids is 1. The molecule has 0 unspecified atom stereocenters. The van der Waals surface area contributed by atoms with E-state index in [0.29, 0.717) is 24.3 Å². The van der Waals surface area contributed by atoms with Crippen LogP contribution in [0.15, 0.2) is 0 Å². The Labute approximate surface area is 112 Å². The highest BCUT2D eigenvalue weighted by atomic mass is 35.5. The summed E-state index contributed by atoms with van der Waals surface area (Å²) in [5.74, 6) is 0.817. The third-order valence-corrected chi connectivity index (χ3v) is 3.12. The van der Waals surface area contributed by atoms with Crippen LogP contribution in [0.2, 0.25) is 0 Å². The molecule has 1 fully saturated rings. The van der Waals surface area contributed by atoms with Gasteiger partial charge in [0.15, 0.2) is 0 Å². The molecule has 1 heterocycles. The van der Waals surface area contributed by atoms with Gasteiger partial charge in [0.1, 0.15) is 0 Å². The zero-order valence-corrected chi connectivity index (χ0v) is 12.2. The molecule has 0 aromatic carbocycles. The lowest BCUT2D eigenvalue weighted by Crippen LogP contribution is -2.46. The zero-order valence-electron chi connectivity index (χ0n) is 11.4. The second-order valence-electron chi connectivity index (χ2n) is 5.17. The maximum absolute atomic E-state index is 12.1. The molecule has 17 heavy (non-hydrogen) atoms. The maximum atomic E-state index is 12.1. The highest BCUT2D eigenvalue weighted by Gasteiger charge is 2.24. The van der Waals surface area contributed by atoms with Crippen molar-refractivity contribution in [3.05, 3.63) is 0 Å². The first-order valence-corrected chi connectivity index (χ1v) is 6.65. The Balaban J connectivity index is 0.00000256. The quantitative estimate of drug-likeness (QED) is 0.826. The zero-order chi connectivity index (χ0) is 12.0. The largest absolute Gasteiger partial charge is 0.340 e. The van der Waals surface area contributed by atoms with E-state index in [9.17, 15) is 4.79 Å². The highest BCUT2D eigenvalue weighted by Crippen LogP contribution is 2.15. The smallest absolute Gasteiger partial charge is 0.223 e. The first-order valence-electron chi connectivity index (χ1n) is 6.65. The van der Waals surface area contributed by atoms with Crippen LogP contribution in [0.5, 0.6) is 0 Å². The van der Waals surface area contributed by atoms with E-state index in [1.165, 1.54) is 0 Å². The molecule has 1 rings (SSSR count). The number of rotatable bonds is 5. The van der Waals surface area contributed by atoms with E-state index in [2.05, 4.69) is 31.0 Å². The lowest BCUT2D eigenvalue weighted by molar-refractivity contribution is -0.134. The van der Waals surface area contributed by atoms with Crippen LogP contribution in [-0.4, -0.2) is 36.5 Å². The molecule has 0 radical (unpaired) electrons. The van der Waals surface area contributed by atoms with Gasteiger partial charge in [-0.3, -0.25) is 4.79 Å². The minimum atomic E-state index is 0. The van der Waals surface area contributed by atoms with Crippen molar-refractivity contribution in [1.82, 2.24) is 10.2 Å². The third-order valence-electron chi connectivity index (χ3n) is 3.12. The molecule has 3 nitrogen and oxygen atoms in total. The van der Waals surface area contributed by atoms with E-state index in [-0.39, 0.29) is 12.4 Å². The molecule has 1 amide bonds. The van der Waals surface area contributed by atoms with Gasteiger partial charge in [0, 0.05) is 19.0 Å². The predicted octanol–water partition coefficient (Wildman–Crippen LogP) is 2.44. The Hall–Kier alpha value is -0.280. The third kappa shape index (κ3) is 5.73. The molecule has 0 atom stereocenters. The number of nitrogens with zero attached hydrogens (tertiary/aromatic N) is 1. The Kier molecular flexibility index (Phi) is 8.61. The van der Waals surface area contributed by atoms with E-state index in [1.807, 2.05) is 0 Å². The van der Waals surface area contributed by atoms with Crippen molar-refractivity contribution in [3.8, 4) is 0 Å². The van der Waals surface area contributed by atoms with Crippen molar-refractivity contribution in [2.45, 2.75) is 52.5 Å². The van der Waals surface area contributed by atoms with E-state index in [1.54, 1.807) is 0 Å². The van der Waals surface area contributed by atoms with Crippen LogP contribution in [0, 0.1) is 5.92 Å². The Bertz CT molecular complexity index is 215. The van der Waals surface area contributed by atoms with Gasteiger partial charge in [-0.25, -0.2) is 0 Å². The van der Waals surface area contributed by atoms with Gasteiger partial charge in [0.25, 0.3) is 0 Å². The maximum Gasteiger partial charge on any atom is 0.223 e. The molecular formula is C13H27ClN2O. The van der Waals surface area contributed by atoms with Gasteiger partial charge in [-0.1, -0.05) is 20.8 Å². The van der Waals surface area contributed by atoms with Gasteiger partial charge in [-0.05, 0) is 38.3 Å². The van der Waals surface area contributed by atoms with Crippen molar-refractivity contribution in [1.29, 1.82) is 0 Å². The first kappa shape index (κ1) is 16.7. The number of hydrogen-bond acceptors (Lipinski definition) is 2. The number of carbonyl (C=O) groups is 1. The molecular weight excluding hydrogens is 236 g/mol. The summed E-state index contributed by atoms with van der Waals surface area (Å²) in [5.41, 5.74) is 0. The molecule has 0 bridgehead atoms. The molecule has 0 saturated carbocycles. The molecule has 0 aromatic heterocycles. The molecule has 102 valence electrons. The van der Waals surface area contributed by atoms with Crippen molar-refractivity contribution in [2.75, 3.05) is 19.6 Å². The molecule has 1 aliphatic rings. The Morgan fingerprint density at radius 1 is 1.35 bits per heavy atom. The van der Waals surface area contributed by atoms with E-state index in [0.717, 1.165) is 38.9 Å². The average Bonchev–Trinajstić information content (AvgIpc) is 2.26. The van der Waals surface area contributed by atoms with Crippen LogP contribution >= 0.6 is 12.4 Å². The summed E-state index contributed by atoms with van der Waals surface area (Å²) in [6, 6.07) is 0.479. The summed E-state index contributed by atoms with van der Waals surface area (Å²) >= 11 is 0. The Morgan fingerprint density at radius 3 is 2.41 bits per heavy atom. The van der Waals surface area contributed by atoms with Crippen molar-refractivity contribution < 1.29 is 4.79 Å². The predicted molar refractivity (Wildman–Crippen MR) is 74.6 cm³/mol. The summed E-state index contributed by atoms with van der Waals surface area (Å²) in [4.78, 5) is 14.3. The second kappa shape index (κ2) is 8.76. The van der Waals surface area contributed by atoms with Crippen LogP contribution in [0.4, 0.5) is 0 Å². The summed E-state index contributed by atoms with van der Waals surface area (Å²) in [6.07, 6.45) is 3.99. The number of hydrogen-bond donors (Lipinski definition) is 1. The van der Waals surface area contributed by atoms with Crippen LogP contribution in [0.25, 0.3) is 0 Å². The molecule has 0 spiro atoms. The van der Waals surface area contributed by atoms with Gasteiger partial charge in [0.05, 0.1) is 0 Å². The van der Waals surface area contributed by atoms with Crippen LogP contribution in [0.3, 0.4) is 0 Å². The van der Waals surface area contributed by atoms with E-state index >= 15 is 0 Å². The molecule has 1 aliphatic heterocycles. The Morgan fingerprint density at radius 2 is 1.94 bits per heavy atom. The van der Waals surface area contributed by atoms with Gasteiger partial charge < -0.3 is 10.2 Å². The van der Waals surface area contributed by atoms with Gasteiger partial charge in [-0.2, -0.15) is 0 Å². The normalized spacial score (nSPS) is 16.7. The fourth-order valence-electron chi connectivity index (χ4n) is 2.34. The van der Waals surface area contributed by atoms with E-state index in [4.69, 9.17) is 0 Å². The van der Waals surface area contributed by atoms with Gasteiger partial charge in [-0.15, -0.1) is 12.4 Å².